The summed E-state index contributed by atoms with van der Waals surface area (Å²) in [5, 5.41) is 5.52. The smallest absolute Gasteiger partial charge is 0.251 e. The molecule has 1 aromatic rings. The lowest BCUT2D eigenvalue weighted by molar-refractivity contribution is -0.123. The Kier molecular flexibility index (Phi) is 6.02. The molecular weight excluding hydrogens is 308 g/mol. The first kappa shape index (κ1) is 15.7. The number of hydrogen-bond donors (Lipinski definition) is 2. The molecule has 0 saturated heterocycles. The Morgan fingerprint density at radius 1 is 1.16 bits per heavy atom. The van der Waals surface area contributed by atoms with E-state index in [2.05, 4.69) is 26.6 Å². The van der Waals surface area contributed by atoms with Gasteiger partial charge in [-0.15, -0.1) is 0 Å². The zero-order valence-electron chi connectivity index (χ0n) is 11.4. The summed E-state index contributed by atoms with van der Waals surface area (Å²) in [4.78, 5) is 23.2. The third-order valence-electron chi connectivity index (χ3n) is 2.54. The van der Waals surface area contributed by atoms with Crippen molar-refractivity contribution in [2.24, 2.45) is 5.92 Å². The van der Waals surface area contributed by atoms with Crippen LogP contribution in [0.15, 0.2) is 22.7 Å². The van der Waals surface area contributed by atoms with E-state index in [1.807, 2.05) is 32.9 Å². The van der Waals surface area contributed by atoms with Gasteiger partial charge in [0.25, 0.3) is 5.91 Å². The fourth-order valence-corrected chi connectivity index (χ4v) is 2.14. The van der Waals surface area contributed by atoms with Gasteiger partial charge in [0.15, 0.2) is 0 Å². The van der Waals surface area contributed by atoms with Gasteiger partial charge in [0, 0.05) is 29.0 Å². The van der Waals surface area contributed by atoms with E-state index in [1.54, 1.807) is 6.07 Å². The number of carbonyl (C=O) groups is 2. The zero-order chi connectivity index (χ0) is 14.4. The Morgan fingerprint density at radius 2 is 1.79 bits per heavy atom. The van der Waals surface area contributed by atoms with Gasteiger partial charge in [-0.3, -0.25) is 9.59 Å². The first-order valence-electron chi connectivity index (χ1n) is 6.23. The molecule has 4 nitrogen and oxygen atoms in total. The molecule has 0 heterocycles. The van der Waals surface area contributed by atoms with Gasteiger partial charge in [-0.2, -0.15) is 0 Å². The minimum Gasteiger partial charge on any atom is -0.354 e. The Hall–Kier alpha value is -1.36. The highest BCUT2D eigenvalue weighted by Gasteiger charge is 2.08. The average Bonchev–Trinajstić information content (AvgIpc) is 2.32. The van der Waals surface area contributed by atoms with E-state index in [-0.39, 0.29) is 17.7 Å². The van der Waals surface area contributed by atoms with E-state index in [1.165, 1.54) is 0 Å². The monoisotopic (exact) mass is 326 g/mol. The Balaban J connectivity index is 2.41. The van der Waals surface area contributed by atoms with Gasteiger partial charge in [0.2, 0.25) is 5.91 Å². The lowest BCUT2D eigenvalue weighted by atomic mass is 10.1. The van der Waals surface area contributed by atoms with E-state index in [4.69, 9.17) is 0 Å². The van der Waals surface area contributed by atoms with Crippen LogP contribution in [0.25, 0.3) is 0 Å². The molecule has 2 amide bonds. The third-order valence-corrected chi connectivity index (χ3v) is 3.00. The second kappa shape index (κ2) is 7.28. The molecule has 0 aromatic heterocycles. The van der Waals surface area contributed by atoms with Crippen molar-refractivity contribution in [3.05, 3.63) is 33.8 Å². The minimum absolute atomic E-state index is 0.00690. The third kappa shape index (κ3) is 5.42. The molecule has 0 bridgehead atoms. The van der Waals surface area contributed by atoms with Crippen molar-refractivity contribution in [1.29, 1.82) is 0 Å². The van der Waals surface area contributed by atoms with Crippen LogP contribution in [0, 0.1) is 12.8 Å². The highest BCUT2D eigenvalue weighted by molar-refractivity contribution is 9.10. The quantitative estimate of drug-likeness (QED) is 0.815. The van der Waals surface area contributed by atoms with E-state index in [9.17, 15) is 9.59 Å². The van der Waals surface area contributed by atoms with Gasteiger partial charge >= 0.3 is 0 Å². The number of aryl methyl sites for hydroxylation is 1. The summed E-state index contributed by atoms with van der Waals surface area (Å²) in [6, 6.07) is 5.54. The Morgan fingerprint density at radius 3 is 2.37 bits per heavy atom. The highest BCUT2D eigenvalue weighted by Crippen LogP contribution is 2.15. The van der Waals surface area contributed by atoms with Gasteiger partial charge < -0.3 is 10.6 Å². The van der Waals surface area contributed by atoms with Crippen LogP contribution < -0.4 is 10.6 Å². The molecule has 1 aromatic carbocycles. The number of hydrogen-bond acceptors (Lipinski definition) is 2. The van der Waals surface area contributed by atoms with E-state index < -0.39 is 0 Å². The largest absolute Gasteiger partial charge is 0.354 e. The number of amides is 2. The molecule has 0 aliphatic heterocycles. The van der Waals surface area contributed by atoms with Crippen molar-refractivity contribution in [2.75, 3.05) is 13.1 Å². The summed E-state index contributed by atoms with van der Waals surface area (Å²) in [5.41, 5.74) is 1.63. The van der Waals surface area contributed by atoms with Crippen LogP contribution in [-0.2, 0) is 4.79 Å². The van der Waals surface area contributed by atoms with Crippen LogP contribution in [0.2, 0.25) is 0 Å². The van der Waals surface area contributed by atoms with Gasteiger partial charge in [-0.1, -0.05) is 29.8 Å². The van der Waals surface area contributed by atoms with Crippen LogP contribution >= 0.6 is 15.9 Å². The molecule has 0 saturated carbocycles. The number of rotatable bonds is 5. The molecule has 104 valence electrons. The zero-order valence-corrected chi connectivity index (χ0v) is 13.0. The predicted molar refractivity (Wildman–Crippen MR) is 79.1 cm³/mol. The summed E-state index contributed by atoms with van der Waals surface area (Å²) in [7, 11) is 0. The lowest BCUT2D eigenvalue weighted by Gasteiger charge is -2.09. The number of carbonyl (C=O) groups excluding carboxylic acids is 2. The van der Waals surface area contributed by atoms with Gasteiger partial charge in [0.1, 0.15) is 0 Å². The Labute approximate surface area is 122 Å². The maximum Gasteiger partial charge on any atom is 0.251 e. The van der Waals surface area contributed by atoms with Crippen molar-refractivity contribution in [2.45, 2.75) is 20.8 Å². The first-order valence-corrected chi connectivity index (χ1v) is 7.02. The van der Waals surface area contributed by atoms with Crippen LogP contribution in [0.5, 0.6) is 0 Å². The second-order valence-corrected chi connectivity index (χ2v) is 5.63. The van der Waals surface area contributed by atoms with E-state index in [0.29, 0.717) is 18.7 Å². The maximum absolute atomic E-state index is 11.9. The molecule has 5 heteroatoms. The summed E-state index contributed by atoms with van der Waals surface area (Å²) < 4.78 is 0.880. The molecule has 0 radical (unpaired) electrons. The number of nitrogens with one attached hydrogen (secondary N) is 2. The minimum atomic E-state index is -0.136. The van der Waals surface area contributed by atoms with E-state index in [0.717, 1.165) is 10.0 Å². The van der Waals surface area contributed by atoms with Gasteiger partial charge in [-0.25, -0.2) is 0 Å². The van der Waals surface area contributed by atoms with Crippen molar-refractivity contribution < 1.29 is 9.59 Å². The Bertz CT molecular complexity index is 452. The molecule has 0 aliphatic carbocycles. The molecule has 1 rings (SSSR count). The first-order chi connectivity index (χ1) is 8.90. The average molecular weight is 327 g/mol. The highest BCUT2D eigenvalue weighted by atomic mass is 79.9. The second-order valence-electron chi connectivity index (χ2n) is 4.72. The van der Waals surface area contributed by atoms with E-state index >= 15 is 0 Å². The summed E-state index contributed by atoms with van der Waals surface area (Å²) in [6.07, 6.45) is 0. The summed E-state index contributed by atoms with van der Waals surface area (Å²) in [6.45, 7) is 6.46. The van der Waals surface area contributed by atoms with Crippen LogP contribution in [0.1, 0.15) is 29.8 Å². The normalized spacial score (nSPS) is 10.4. The van der Waals surface area contributed by atoms with Gasteiger partial charge in [0.05, 0.1) is 0 Å². The van der Waals surface area contributed by atoms with Crippen molar-refractivity contribution >= 4 is 27.7 Å². The topological polar surface area (TPSA) is 58.2 Å². The van der Waals surface area contributed by atoms with Crippen LogP contribution in [-0.4, -0.2) is 24.9 Å². The molecule has 19 heavy (non-hydrogen) atoms. The lowest BCUT2D eigenvalue weighted by Crippen LogP contribution is -2.36. The summed E-state index contributed by atoms with van der Waals surface area (Å²) >= 11 is 3.36. The van der Waals surface area contributed by atoms with Crippen molar-refractivity contribution in [3.8, 4) is 0 Å². The molecule has 0 fully saturated rings. The fraction of sp³-hybridized carbons (Fsp3) is 0.429. The summed E-state index contributed by atoms with van der Waals surface area (Å²) in [5.74, 6) is -0.181. The SMILES string of the molecule is Cc1cc(Br)cc(C(=O)NCCNC(=O)C(C)C)c1. The molecular formula is C14H19BrN2O2. The maximum atomic E-state index is 11.9. The van der Waals surface area contributed by atoms with Crippen molar-refractivity contribution in [1.82, 2.24) is 10.6 Å². The van der Waals surface area contributed by atoms with Crippen LogP contribution in [0.3, 0.4) is 0 Å². The van der Waals surface area contributed by atoms with Crippen molar-refractivity contribution in [3.63, 3.8) is 0 Å². The number of halogens is 1. The van der Waals surface area contributed by atoms with Gasteiger partial charge in [-0.05, 0) is 30.7 Å². The molecule has 0 unspecified atom stereocenters. The molecule has 2 N–H and O–H groups in total. The molecule has 0 atom stereocenters. The standard InChI is InChI=1S/C14H19BrN2O2/c1-9(2)13(18)16-4-5-17-14(19)11-6-10(3)7-12(15)8-11/h6-9H,4-5H2,1-3H3,(H,16,18)(H,17,19). The predicted octanol–water partition coefficient (Wildman–Crippen LogP) is 2.26. The molecule has 0 aliphatic rings. The fourth-order valence-electron chi connectivity index (χ4n) is 1.54. The van der Waals surface area contributed by atoms with Crippen LogP contribution in [0.4, 0.5) is 0 Å². The molecule has 0 spiro atoms. The number of benzene rings is 1.